The van der Waals surface area contributed by atoms with Gasteiger partial charge in [-0.05, 0) is 60.2 Å². The third-order valence-electron chi connectivity index (χ3n) is 3.78. The topological polar surface area (TPSA) is 67.2 Å². The van der Waals surface area contributed by atoms with Gasteiger partial charge in [-0.3, -0.25) is 9.78 Å². The minimum Gasteiger partial charge on any atom is -0.319 e. The quantitative estimate of drug-likeness (QED) is 0.710. The van der Waals surface area contributed by atoms with E-state index in [-0.39, 0.29) is 5.91 Å². The molecule has 0 spiro atoms. The Labute approximate surface area is 148 Å². The van der Waals surface area contributed by atoms with Gasteiger partial charge in [-0.1, -0.05) is 18.2 Å². The molecule has 6 heteroatoms. The molecule has 0 saturated heterocycles. The van der Waals surface area contributed by atoms with E-state index >= 15 is 0 Å². The number of anilines is 1. The summed E-state index contributed by atoms with van der Waals surface area (Å²) >= 11 is 1.32. The third kappa shape index (κ3) is 3.29. The van der Waals surface area contributed by atoms with E-state index in [0.29, 0.717) is 15.9 Å². The zero-order chi connectivity index (χ0) is 17.2. The van der Waals surface area contributed by atoms with Crippen LogP contribution >= 0.6 is 11.8 Å². The Kier molecular flexibility index (Phi) is 4.03. The summed E-state index contributed by atoms with van der Waals surface area (Å²) in [5.41, 5.74) is 2.87. The van der Waals surface area contributed by atoms with Crippen LogP contribution in [0.25, 0.3) is 17.0 Å². The number of rotatable bonds is 2. The van der Waals surface area contributed by atoms with Crippen molar-refractivity contribution in [2.24, 2.45) is 4.99 Å². The predicted octanol–water partition coefficient (Wildman–Crippen LogP) is 4.02. The fourth-order valence-electron chi connectivity index (χ4n) is 2.52. The number of aromatic nitrogens is 2. The molecule has 0 radical (unpaired) electrons. The lowest BCUT2D eigenvalue weighted by atomic mass is 10.1. The van der Waals surface area contributed by atoms with Gasteiger partial charge in [-0.15, -0.1) is 0 Å². The largest absolute Gasteiger partial charge is 0.319 e. The summed E-state index contributed by atoms with van der Waals surface area (Å²) in [6.45, 7) is 1.96. The van der Waals surface area contributed by atoms with Gasteiger partial charge in [0.05, 0.1) is 10.4 Å². The molecule has 1 aliphatic rings. The molecular formula is C19H14N4OS. The molecule has 2 aromatic heterocycles. The van der Waals surface area contributed by atoms with Crippen molar-refractivity contribution in [3.63, 3.8) is 0 Å². The highest BCUT2D eigenvalue weighted by Crippen LogP contribution is 2.30. The number of amidine groups is 1. The molecule has 122 valence electrons. The lowest BCUT2D eigenvalue weighted by molar-refractivity contribution is -0.113. The van der Waals surface area contributed by atoms with Gasteiger partial charge in [0.15, 0.2) is 5.17 Å². The second kappa shape index (κ2) is 6.49. The van der Waals surface area contributed by atoms with Crippen molar-refractivity contribution in [3.05, 3.63) is 70.9 Å². The van der Waals surface area contributed by atoms with E-state index in [4.69, 9.17) is 0 Å². The van der Waals surface area contributed by atoms with E-state index < -0.39 is 0 Å². The van der Waals surface area contributed by atoms with E-state index in [9.17, 15) is 4.79 Å². The van der Waals surface area contributed by atoms with Crippen LogP contribution < -0.4 is 5.32 Å². The maximum atomic E-state index is 12.2. The van der Waals surface area contributed by atoms with Crippen molar-refractivity contribution in [1.82, 2.24) is 9.97 Å². The third-order valence-corrected chi connectivity index (χ3v) is 4.68. The number of nitrogens with one attached hydrogen (secondary N) is 1. The molecule has 1 N–H and O–H groups in total. The van der Waals surface area contributed by atoms with E-state index in [1.807, 2.05) is 55.5 Å². The zero-order valence-corrected chi connectivity index (χ0v) is 14.2. The van der Waals surface area contributed by atoms with Gasteiger partial charge in [0.1, 0.15) is 5.82 Å². The highest BCUT2D eigenvalue weighted by molar-refractivity contribution is 8.18. The van der Waals surface area contributed by atoms with E-state index in [1.54, 1.807) is 12.4 Å². The molecule has 1 aliphatic heterocycles. The van der Waals surface area contributed by atoms with Crippen molar-refractivity contribution >= 4 is 45.6 Å². The van der Waals surface area contributed by atoms with Gasteiger partial charge in [-0.2, -0.15) is 4.99 Å². The fourth-order valence-corrected chi connectivity index (χ4v) is 3.33. The number of carbonyl (C=O) groups excluding carboxylic acids is 1. The van der Waals surface area contributed by atoms with Crippen molar-refractivity contribution in [2.45, 2.75) is 6.92 Å². The van der Waals surface area contributed by atoms with Crippen molar-refractivity contribution in [2.75, 3.05) is 5.32 Å². The average Bonchev–Trinajstić information content (AvgIpc) is 2.96. The number of carbonyl (C=O) groups is 1. The number of aliphatic imine (C=N–C) groups is 1. The van der Waals surface area contributed by atoms with Gasteiger partial charge < -0.3 is 5.32 Å². The lowest BCUT2D eigenvalue weighted by Gasteiger charge is -2.05. The van der Waals surface area contributed by atoms with Gasteiger partial charge in [0.2, 0.25) is 0 Å². The summed E-state index contributed by atoms with van der Waals surface area (Å²) in [4.78, 5) is 25.4. The summed E-state index contributed by atoms with van der Waals surface area (Å²) in [7, 11) is 0. The Bertz CT molecular complexity index is 1040. The van der Waals surface area contributed by atoms with Crippen LogP contribution in [0.1, 0.15) is 11.1 Å². The minimum atomic E-state index is -0.243. The van der Waals surface area contributed by atoms with Crippen molar-refractivity contribution < 1.29 is 4.79 Å². The molecule has 0 atom stereocenters. The molecule has 5 nitrogen and oxygen atoms in total. The van der Waals surface area contributed by atoms with Crippen LogP contribution in [-0.2, 0) is 4.79 Å². The molecule has 0 bridgehead atoms. The first-order valence-corrected chi connectivity index (χ1v) is 8.57. The molecule has 1 aromatic carbocycles. The standard InChI is InChI=1S/C19H14N4OS/c1-12-4-2-9-21-17(12)22-19-23-18(24)16(25-19)11-13-6-7-15-14(10-13)5-3-8-20-15/h2-11H,1H3,(H,21,22,23,24). The number of hydrogen-bond donors (Lipinski definition) is 1. The summed E-state index contributed by atoms with van der Waals surface area (Å²) in [5, 5.41) is 4.69. The molecular weight excluding hydrogens is 332 g/mol. The number of benzene rings is 1. The van der Waals surface area contributed by atoms with Crippen LogP contribution in [0, 0.1) is 6.92 Å². The summed E-state index contributed by atoms with van der Waals surface area (Å²) in [6.07, 6.45) is 5.32. The highest BCUT2D eigenvalue weighted by atomic mass is 32.2. The molecule has 1 amide bonds. The fraction of sp³-hybridized carbons (Fsp3) is 0.0526. The Morgan fingerprint density at radius 2 is 1.92 bits per heavy atom. The molecule has 3 aromatic rings. The van der Waals surface area contributed by atoms with Crippen LogP contribution in [0.3, 0.4) is 0 Å². The maximum absolute atomic E-state index is 12.2. The first-order valence-electron chi connectivity index (χ1n) is 7.75. The zero-order valence-electron chi connectivity index (χ0n) is 13.4. The van der Waals surface area contributed by atoms with E-state index in [1.165, 1.54) is 11.8 Å². The Hall–Kier alpha value is -2.99. The Balaban J connectivity index is 1.56. The van der Waals surface area contributed by atoms with Gasteiger partial charge >= 0.3 is 0 Å². The predicted molar refractivity (Wildman–Crippen MR) is 102 cm³/mol. The number of fused-ring (bicyclic) bond motifs is 1. The van der Waals surface area contributed by atoms with Crippen molar-refractivity contribution in [3.8, 4) is 0 Å². The number of hydrogen-bond acceptors (Lipinski definition) is 5. The first-order chi connectivity index (χ1) is 12.2. The summed E-state index contributed by atoms with van der Waals surface area (Å²) in [6, 6.07) is 13.6. The highest BCUT2D eigenvalue weighted by Gasteiger charge is 2.22. The lowest BCUT2D eigenvalue weighted by Crippen LogP contribution is -2.07. The number of aryl methyl sites for hydroxylation is 1. The summed E-state index contributed by atoms with van der Waals surface area (Å²) in [5.74, 6) is 0.465. The average molecular weight is 346 g/mol. The number of amides is 1. The molecule has 25 heavy (non-hydrogen) atoms. The maximum Gasteiger partial charge on any atom is 0.286 e. The van der Waals surface area contributed by atoms with Gasteiger partial charge in [0, 0.05) is 17.8 Å². The van der Waals surface area contributed by atoms with Crippen LogP contribution in [0.4, 0.5) is 5.82 Å². The van der Waals surface area contributed by atoms with Crippen LogP contribution in [0.2, 0.25) is 0 Å². The van der Waals surface area contributed by atoms with E-state index in [0.717, 1.165) is 22.0 Å². The van der Waals surface area contributed by atoms with Crippen LogP contribution in [-0.4, -0.2) is 21.0 Å². The van der Waals surface area contributed by atoms with E-state index in [2.05, 4.69) is 20.3 Å². The first kappa shape index (κ1) is 15.5. The SMILES string of the molecule is Cc1cccnc1NC1=NC(=O)C(=Cc2ccc3ncccc3c2)S1. The summed E-state index contributed by atoms with van der Waals surface area (Å²) < 4.78 is 0. The second-order valence-corrected chi connectivity index (χ2v) is 6.61. The minimum absolute atomic E-state index is 0.243. The molecule has 0 aliphatic carbocycles. The molecule has 0 fully saturated rings. The normalized spacial score (nSPS) is 15.6. The Morgan fingerprint density at radius 1 is 1.08 bits per heavy atom. The number of nitrogens with zero attached hydrogens (tertiary/aromatic N) is 3. The molecule has 4 rings (SSSR count). The monoisotopic (exact) mass is 346 g/mol. The number of thioether (sulfide) groups is 1. The van der Waals surface area contributed by atoms with Crippen LogP contribution in [0.5, 0.6) is 0 Å². The van der Waals surface area contributed by atoms with Gasteiger partial charge in [0.25, 0.3) is 5.91 Å². The smallest absolute Gasteiger partial charge is 0.286 e. The molecule has 3 heterocycles. The number of pyridine rings is 2. The molecule has 0 saturated carbocycles. The van der Waals surface area contributed by atoms with Crippen LogP contribution in [0.15, 0.2) is 64.8 Å². The van der Waals surface area contributed by atoms with Crippen molar-refractivity contribution in [1.29, 1.82) is 0 Å². The second-order valence-electron chi connectivity index (χ2n) is 5.58. The molecule has 0 unspecified atom stereocenters. The Morgan fingerprint density at radius 3 is 2.80 bits per heavy atom. The van der Waals surface area contributed by atoms with Gasteiger partial charge in [-0.25, -0.2) is 4.98 Å².